The normalized spacial score (nSPS) is 17.3. The van der Waals surface area contributed by atoms with Crippen LogP contribution in [-0.2, 0) is 9.59 Å². The predicted molar refractivity (Wildman–Crippen MR) is 122 cm³/mol. The number of hydrogen-bond acceptors (Lipinski definition) is 5. The van der Waals surface area contributed by atoms with Crippen LogP contribution in [0.2, 0.25) is 0 Å². The van der Waals surface area contributed by atoms with Crippen LogP contribution in [0.5, 0.6) is 0 Å². The fraction of sp³-hybridized carbons (Fsp3) is 0.0435. The maximum Gasteiger partial charge on any atom is 0.323 e. The minimum absolute atomic E-state index is 0.228. The van der Waals surface area contributed by atoms with E-state index in [1.165, 1.54) is 6.21 Å². The number of thioether (sulfide) groups is 1. The Hall–Kier alpha value is -3.71. The standard InChI is InChI=1S/C23H19N3O3S/c27-21(28)17-26-22(29)20(15-7-13-18-9-3-1-4-10-18)30-23(26)25-24-16-8-14-19-11-5-2-6-12-19/h1-16H,17H2,(H,27,28). The largest absolute Gasteiger partial charge is 0.480 e. The molecular weight excluding hydrogens is 398 g/mol. The summed E-state index contributed by atoms with van der Waals surface area (Å²) in [5, 5.41) is 17.3. The lowest BCUT2D eigenvalue weighted by molar-refractivity contribution is -0.140. The molecule has 30 heavy (non-hydrogen) atoms. The molecule has 1 aliphatic rings. The highest BCUT2D eigenvalue weighted by molar-refractivity contribution is 8.18. The van der Waals surface area contributed by atoms with Gasteiger partial charge in [-0.1, -0.05) is 78.9 Å². The second-order valence-corrected chi connectivity index (χ2v) is 7.11. The van der Waals surface area contributed by atoms with Crippen molar-refractivity contribution < 1.29 is 14.7 Å². The number of allylic oxidation sites excluding steroid dienone is 3. The fourth-order valence-corrected chi connectivity index (χ4v) is 3.41. The van der Waals surface area contributed by atoms with Crippen LogP contribution in [0.25, 0.3) is 12.2 Å². The van der Waals surface area contributed by atoms with Gasteiger partial charge in [0, 0.05) is 6.21 Å². The van der Waals surface area contributed by atoms with Gasteiger partial charge in [-0.15, -0.1) is 5.10 Å². The Kier molecular flexibility index (Phi) is 7.51. The first-order chi connectivity index (χ1) is 14.6. The summed E-state index contributed by atoms with van der Waals surface area (Å²) < 4.78 is 0. The van der Waals surface area contributed by atoms with E-state index in [9.17, 15) is 9.59 Å². The van der Waals surface area contributed by atoms with Gasteiger partial charge in [0.2, 0.25) is 0 Å². The number of carbonyl (C=O) groups is 2. The molecule has 7 heteroatoms. The first-order valence-corrected chi connectivity index (χ1v) is 9.93. The van der Waals surface area contributed by atoms with E-state index in [0.29, 0.717) is 4.91 Å². The summed E-state index contributed by atoms with van der Waals surface area (Å²) in [6.07, 6.45) is 10.3. The van der Waals surface area contributed by atoms with E-state index in [2.05, 4.69) is 10.2 Å². The highest BCUT2D eigenvalue weighted by atomic mass is 32.2. The van der Waals surface area contributed by atoms with Crippen LogP contribution in [0.4, 0.5) is 0 Å². The van der Waals surface area contributed by atoms with Crippen molar-refractivity contribution in [2.45, 2.75) is 0 Å². The van der Waals surface area contributed by atoms with Gasteiger partial charge in [-0.3, -0.25) is 14.5 Å². The van der Waals surface area contributed by atoms with Crippen LogP contribution in [0.1, 0.15) is 11.1 Å². The first kappa shape index (κ1) is 21.0. The van der Waals surface area contributed by atoms with E-state index in [1.807, 2.05) is 72.8 Å². The van der Waals surface area contributed by atoms with Gasteiger partial charge in [0.1, 0.15) is 6.54 Å². The van der Waals surface area contributed by atoms with Crippen molar-refractivity contribution in [3.63, 3.8) is 0 Å². The van der Waals surface area contributed by atoms with E-state index < -0.39 is 18.4 Å². The second kappa shape index (κ2) is 10.7. The summed E-state index contributed by atoms with van der Waals surface area (Å²) in [6.45, 7) is -0.472. The second-order valence-electron chi connectivity index (χ2n) is 6.10. The summed E-state index contributed by atoms with van der Waals surface area (Å²) in [5.74, 6) is -1.53. The van der Waals surface area contributed by atoms with Gasteiger partial charge >= 0.3 is 5.97 Å². The predicted octanol–water partition coefficient (Wildman–Crippen LogP) is 4.30. The smallest absolute Gasteiger partial charge is 0.323 e. The van der Waals surface area contributed by atoms with Gasteiger partial charge in [-0.2, -0.15) is 5.10 Å². The number of aliphatic carboxylic acids is 1. The first-order valence-electron chi connectivity index (χ1n) is 9.11. The zero-order chi connectivity index (χ0) is 21.2. The molecule has 6 nitrogen and oxygen atoms in total. The molecule has 0 unspecified atom stereocenters. The SMILES string of the molecule is O=C(O)CN1C(=O)C(=CC=Cc2ccccc2)SC1=NN=CC=Cc1ccccc1. The van der Waals surface area contributed by atoms with Crippen molar-refractivity contribution in [1.29, 1.82) is 0 Å². The molecule has 2 aromatic carbocycles. The lowest BCUT2D eigenvalue weighted by atomic mass is 10.2. The van der Waals surface area contributed by atoms with Crippen LogP contribution >= 0.6 is 11.8 Å². The molecule has 0 aromatic heterocycles. The molecule has 3 rings (SSSR count). The maximum atomic E-state index is 12.6. The minimum Gasteiger partial charge on any atom is -0.480 e. The molecule has 1 aliphatic heterocycles. The quantitative estimate of drug-likeness (QED) is 0.414. The molecule has 1 heterocycles. The summed E-state index contributed by atoms with van der Waals surface area (Å²) in [5.41, 5.74) is 2.01. The van der Waals surface area contributed by atoms with Gasteiger partial charge in [0.15, 0.2) is 5.17 Å². The summed E-state index contributed by atoms with van der Waals surface area (Å²) >= 11 is 1.09. The van der Waals surface area contributed by atoms with Gasteiger partial charge in [0.05, 0.1) is 4.91 Å². The third kappa shape index (κ3) is 6.15. The van der Waals surface area contributed by atoms with Crippen LogP contribution in [-0.4, -0.2) is 39.8 Å². The molecule has 150 valence electrons. The van der Waals surface area contributed by atoms with Crippen molar-refractivity contribution in [3.05, 3.63) is 94.9 Å². The Balaban J connectivity index is 1.72. The molecule has 1 fully saturated rings. The number of carbonyl (C=O) groups excluding carboxylic acids is 1. The average Bonchev–Trinajstić information content (AvgIpc) is 3.04. The Morgan fingerprint density at radius 2 is 1.57 bits per heavy atom. The molecule has 0 radical (unpaired) electrons. The van der Waals surface area contributed by atoms with Crippen molar-refractivity contribution in [1.82, 2.24) is 4.90 Å². The molecule has 0 atom stereocenters. The average molecular weight is 417 g/mol. The Morgan fingerprint density at radius 1 is 0.967 bits per heavy atom. The molecule has 1 saturated heterocycles. The zero-order valence-electron chi connectivity index (χ0n) is 16.0. The molecule has 0 aliphatic carbocycles. The van der Waals surface area contributed by atoms with E-state index in [0.717, 1.165) is 27.8 Å². The van der Waals surface area contributed by atoms with E-state index >= 15 is 0 Å². The van der Waals surface area contributed by atoms with Gasteiger partial charge < -0.3 is 5.11 Å². The molecule has 0 saturated carbocycles. The minimum atomic E-state index is -1.12. The number of carboxylic acids is 1. The number of benzene rings is 2. The van der Waals surface area contributed by atoms with Gasteiger partial charge in [0.25, 0.3) is 5.91 Å². The van der Waals surface area contributed by atoms with E-state index in [-0.39, 0.29) is 5.17 Å². The van der Waals surface area contributed by atoms with Crippen molar-refractivity contribution >= 4 is 47.2 Å². The third-order valence-corrected chi connectivity index (χ3v) is 4.92. The summed E-state index contributed by atoms with van der Waals surface area (Å²) in [4.78, 5) is 25.2. The topological polar surface area (TPSA) is 82.3 Å². The van der Waals surface area contributed by atoms with Gasteiger partial charge in [-0.25, -0.2) is 0 Å². The third-order valence-electron chi connectivity index (χ3n) is 3.90. The zero-order valence-corrected chi connectivity index (χ0v) is 16.8. The van der Waals surface area contributed by atoms with Crippen molar-refractivity contribution in [2.24, 2.45) is 10.2 Å². The highest BCUT2D eigenvalue weighted by Gasteiger charge is 2.34. The molecular formula is C23H19N3O3S. The molecule has 1 amide bonds. The van der Waals surface area contributed by atoms with Crippen molar-refractivity contribution in [3.8, 4) is 0 Å². The Bertz CT molecular complexity index is 1040. The van der Waals surface area contributed by atoms with Crippen LogP contribution < -0.4 is 0 Å². The van der Waals surface area contributed by atoms with E-state index in [4.69, 9.17) is 5.11 Å². The van der Waals surface area contributed by atoms with Crippen LogP contribution in [0.3, 0.4) is 0 Å². The molecule has 0 spiro atoms. The highest BCUT2D eigenvalue weighted by Crippen LogP contribution is 2.30. The number of amides is 1. The number of rotatable bonds is 7. The molecule has 1 N–H and O–H groups in total. The number of amidine groups is 1. The number of hydrogen-bond donors (Lipinski definition) is 1. The van der Waals surface area contributed by atoms with Crippen LogP contribution in [0, 0.1) is 0 Å². The Morgan fingerprint density at radius 3 is 2.17 bits per heavy atom. The molecule has 2 aromatic rings. The number of carboxylic acid groups (broad SMARTS) is 1. The summed E-state index contributed by atoms with van der Waals surface area (Å²) in [6, 6.07) is 19.4. The monoisotopic (exact) mass is 417 g/mol. The summed E-state index contributed by atoms with van der Waals surface area (Å²) in [7, 11) is 0. The van der Waals surface area contributed by atoms with E-state index in [1.54, 1.807) is 18.2 Å². The van der Waals surface area contributed by atoms with Gasteiger partial charge in [-0.05, 0) is 35.0 Å². The number of nitrogens with zero attached hydrogens (tertiary/aromatic N) is 3. The maximum absolute atomic E-state index is 12.6. The Labute approximate surface area is 178 Å². The lowest BCUT2D eigenvalue weighted by Crippen LogP contribution is -2.34. The molecule has 0 bridgehead atoms. The fourth-order valence-electron chi connectivity index (χ4n) is 2.52. The van der Waals surface area contributed by atoms with Crippen LogP contribution in [0.15, 0.2) is 94.0 Å². The lowest BCUT2D eigenvalue weighted by Gasteiger charge is -2.10. The van der Waals surface area contributed by atoms with Crippen molar-refractivity contribution in [2.75, 3.05) is 6.54 Å².